The first kappa shape index (κ1) is 27.8. The highest BCUT2D eigenvalue weighted by Crippen LogP contribution is 2.45. The maximum Gasteiger partial charge on any atom is 0.276 e. The Morgan fingerprint density at radius 1 is 1.07 bits per heavy atom. The molecule has 0 radical (unpaired) electrons. The number of aromatic hydroxyl groups is 1. The highest BCUT2D eigenvalue weighted by atomic mass is 35.5. The number of benzene rings is 1. The number of aromatic nitrogens is 2. The number of fused-ring (bicyclic) bond motifs is 1. The van der Waals surface area contributed by atoms with Gasteiger partial charge in [0.05, 0.1) is 16.9 Å². The number of anilines is 3. The van der Waals surface area contributed by atoms with Crippen molar-refractivity contribution in [2.24, 2.45) is 0 Å². The van der Waals surface area contributed by atoms with Crippen molar-refractivity contribution in [2.45, 2.75) is 52.0 Å². The van der Waals surface area contributed by atoms with Gasteiger partial charge in [-0.05, 0) is 61.7 Å². The van der Waals surface area contributed by atoms with E-state index < -0.39 is 16.2 Å². The molecule has 1 N–H and O–H groups in total. The van der Waals surface area contributed by atoms with Crippen molar-refractivity contribution in [1.82, 2.24) is 14.9 Å². The van der Waals surface area contributed by atoms with E-state index in [-0.39, 0.29) is 29.6 Å². The average molecular weight is 566 g/mol. The number of halogens is 2. The monoisotopic (exact) mass is 565 g/mol. The molecule has 0 unspecified atom stereocenters. The SMILES string of the molecule is Cc1ccc(N2CC(C)(C)c3nc(C(=O)N4CCN(c5ccc(CC(=O)Cl)cn5)CC4(C)C)c(O)cc32)cc1F. The lowest BCUT2D eigenvalue weighted by molar-refractivity contribution is -0.111. The lowest BCUT2D eigenvalue weighted by atomic mass is 9.91. The van der Waals surface area contributed by atoms with E-state index in [1.54, 1.807) is 30.2 Å². The van der Waals surface area contributed by atoms with Gasteiger partial charge in [-0.2, -0.15) is 0 Å². The minimum atomic E-state index is -0.587. The second-order valence-electron chi connectivity index (χ2n) is 11.9. The molecule has 2 aromatic heterocycles. The van der Waals surface area contributed by atoms with Crippen molar-refractivity contribution in [3.63, 3.8) is 0 Å². The van der Waals surface area contributed by atoms with Crippen LogP contribution in [0.4, 0.5) is 21.6 Å². The summed E-state index contributed by atoms with van der Waals surface area (Å²) in [5, 5.41) is 10.6. The number of piperazine rings is 1. The van der Waals surface area contributed by atoms with Crippen molar-refractivity contribution in [3.8, 4) is 5.75 Å². The highest BCUT2D eigenvalue weighted by molar-refractivity contribution is 6.63. The maximum absolute atomic E-state index is 14.4. The molecule has 0 bridgehead atoms. The number of hydrogen-bond acceptors (Lipinski definition) is 7. The first-order chi connectivity index (χ1) is 18.8. The van der Waals surface area contributed by atoms with Crippen LogP contribution in [0.3, 0.4) is 0 Å². The van der Waals surface area contributed by atoms with E-state index in [1.807, 2.05) is 50.8 Å². The fraction of sp³-hybridized carbons (Fsp3) is 0.400. The van der Waals surface area contributed by atoms with Crippen molar-refractivity contribution >= 4 is 39.9 Å². The molecule has 4 heterocycles. The van der Waals surface area contributed by atoms with Crippen LogP contribution < -0.4 is 9.80 Å². The molecule has 1 fully saturated rings. The van der Waals surface area contributed by atoms with Crippen molar-refractivity contribution in [3.05, 3.63) is 70.9 Å². The largest absolute Gasteiger partial charge is 0.505 e. The van der Waals surface area contributed by atoms with Gasteiger partial charge in [0.15, 0.2) is 5.69 Å². The van der Waals surface area contributed by atoms with Gasteiger partial charge in [-0.3, -0.25) is 9.59 Å². The molecule has 40 heavy (non-hydrogen) atoms. The van der Waals surface area contributed by atoms with Crippen LogP contribution >= 0.6 is 11.6 Å². The summed E-state index contributed by atoms with van der Waals surface area (Å²) in [4.78, 5) is 40.0. The number of rotatable bonds is 5. The molecular weight excluding hydrogens is 533 g/mol. The van der Waals surface area contributed by atoms with E-state index in [1.165, 1.54) is 6.07 Å². The topological polar surface area (TPSA) is 89.9 Å². The molecule has 5 rings (SSSR count). The third kappa shape index (κ3) is 5.10. The molecule has 10 heteroatoms. The zero-order chi connectivity index (χ0) is 29.0. The second-order valence-corrected chi connectivity index (χ2v) is 12.3. The summed E-state index contributed by atoms with van der Waals surface area (Å²) < 4.78 is 14.4. The molecular formula is C30H33ClFN5O3. The van der Waals surface area contributed by atoms with Gasteiger partial charge in [-0.15, -0.1) is 0 Å². The molecule has 2 aliphatic rings. The van der Waals surface area contributed by atoms with Gasteiger partial charge in [0.25, 0.3) is 5.91 Å². The van der Waals surface area contributed by atoms with Crippen LogP contribution in [-0.4, -0.2) is 62.8 Å². The number of aryl methyl sites for hydroxylation is 1. The Hall–Kier alpha value is -3.72. The molecule has 0 spiro atoms. The van der Waals surface area contributed by atoms with Crippen LogP contribution in [0.25, 0.3) is 0 Å². The predicted molar refractivity (Wildman–Crippen MR) is 153 cm³/mol. The van der Waals surface area contributed by atoms with Gasteiger partial charge in [-0.1, -0.05) is 26.0 Å². The van der Waals surface area contributed by atoms with Crippen molar-refractivity contribution < 1.29 is 19.1 Å². The molecule has 210 valence electrons. The van der Waals surface area contributed by atoms with Gasteiger partial charge >= 0.3 is 0 Å². The molecule has 1 saturated heterocycles. The Labute approximate surface area is 238 Å². The average Bonchev–Trinajstić information content (AvgIpc) is 3.13. The lowest BCUT2D eigenvalue weighted by Gasteiger charge is -2.47. The standard InChI is InChI=1S/C30H33ClFN5O3/c1-18-6-8-20(13-21(18)32)36-16-29(2,3)27-22(36)14-23(38)26(34-27)28(40)37-11-10-35(17-30(37,4)5)25-9-7-19(15-33-25)12-24(31)39/h6-9,13-15,38H,10-12,16-17H2,1-5H3. The van der Waals surface area contributed by atoms with Crippen LogP contribution in [0.15, 0.2) is 42.6 Å². The van der Waals surface area contributed by atoms with Gasteiger partial charge in [0, 0.05) is 56.0 Å². The van der Waals surface area contributed by atoms with Crippen LogP contribution in [0.2, 0.25) is 0 Å². The third-order valence-electron chi connectivity index (χ3n) is 7.76. The van der Waals surface area contributed by atoms with Crippen LogP contribution in [0.5, 0.6) is 5.75 Å². The maximum atomic E-state index is 14.4. The second kappa shape index (κ2) is 10.0. The molecule has 0 aliphatic carbocycles. The minimum absolute atomic E-state index is 0.0125. The van der Waals surface area contributed by atoms with E-state index in [0.29, 0.717) is 48.8 Å². The van der Waals surface area contributed by atoms with Gasteiger partial charge in [0.1, 0.15) is 17.4 Å². The summed E-state index contributed by atoms with van der Waals surface area (Å²) >= 11 is 5.48. The highest BCUT2D eigenvalue weighted by Gasteiger charge is 2.42. The normalized spacial score (nSPS) is 17.6. The summed E-state index contributed by atoms with van der Waals surface area (Å²) in [5.74, 6) is -0.0997. The summed E-state index contributed by atoms with van der Waals surface area (Å²) in [6.07, 6.45) is 1.76. The van der Waals surface area contributed by atoms with Crippen LogP contribution in [-0.2, 0) is 16.6 Å². The Kier molecular flexibility index (Phi) is 6.98. The molecule has 3 aromatic rings. The molecule has 1 aromatic carbocycles. The fourth-order valence-electron chi connectivity index (χ4n) is 5.61. The van der Waals surface area contributed by atoms with E-state index in [2.05, 4.69) is 9.88 Å². The molecule has 8 nitrogen and oxygen atoms in total. The number of pyridine rings is 2. The number of carbonyl (C=O) groups excluding carboxylic acids is 2. The Morgan fingerprint density at radius 2 is 1.82 bits per heavy atom. The Balaban J connectivity index is 1.39. The summed E-state index contributed by atoms with van der Waals surface area (Å²) in [5.41, 5.74) is 2.31. The first-order valence-electron chi connectivity index (χ1n) is 13.3. The van der Waals surface area contributed by atoms with Gasteiger partial charge < -0.3 is 19.8 Å². The number of nitrogens with zero attached hydrogens (tertiary/aromatic N) is 5. The van der Waals surface area contributed by atoms with Gasteiger partial charge in [-0.25, -0.2) is 14.4 Å². The van der Waals surface area contributed by atoms with Gasteiger partial charge in [0.2, 0.25) is 5.24 Å². The van der Waals surface area contributed by atoms with Crippen molar-refractivity contribution in [1.29, 1.82) is 0 Å². The minimum Gasteiger partial charge on any atom is -0.505 e. The molecule has 2 aliphatic heterocycles. The lowest BCUT2D eigenvalue weighted by Crippen LogP contribution is -2.61. The Morgan fingerprint density at radius 3 is 2.45 bits per heavy atom. The fourth-order valence-corrected chi connectivity index (χ4v) is 5.77. The molecule has 0 saturated carbocycles. The zero-order valence-corrected chi connectivity index (χ0v) is 24.1. The van der Waals surface area contributed by atoms with Crippen molar-refractivity contribution in [2.75, 3.05) is 36.0 Å². The molecule has 0 atom stereocenters. The number of carbonyl (C=O) groups is 2. The predicted octanol–water partition coefficient (Wildman–Crippen LogP) is 5.11. The molecule has 1 amide bonds. The van der Waals surface area contributed by atoms with Crippen LogP contribution in [0.1, 0.15) is 55.0 Å². The smallest absolute Gasteiger partial charge is 0.276 e. The van der Waals surface area contributed by atoms with E-state index >= 15 is 0 Å². The van der Waals surface area contributed by atoms with E-state index in [0.717, 1.165) is 11.4 Å². The summed E-state index contributed by atoms with van der Waals surface area (Å²) in [6.45, 7) is 11.7. The number of hydrogen-bond donors (Lipinski definition) is 1. The zero-order valence-electron chi connectivity index (χ0n) is 23.3. The first-order valence-corrected chi connectivity index (χ1v) is 13.6. The summed E-state index contributed by atoms with van der Waals surface area (Å²) in [7, 11) is 0. The number of amides is 1. The van der Waals surface area contributed by atoms with E-state index in [4.69, 9.17) is 16.6 Å². The quantitative estimate of drug-likeness (QED) is 0.430. The summed E-state index contributed by atoms with van der Waals surface area (Å²) in [6, 6.07) is 10.3. The Bertz CT molecular complexity index is 1490. The van der Waals surface area contributed by atoms with Crippen LogP contribution in [0, 0.1) is 12.7 Å². The third-order valence-corrected chi connectivity index (χ3v) is 7.89. The van der Waals surface area contributed by atoms with E-state index in [9.17, 15) is 19.1 Å².